The predicted molar refractivity (Wildman–Crippen MR) is 94.0 cm³/mol. The van der Waals surface area contributed by atoms with Crippen LogP contribution in [-0.2, 0) is 6.54 Å². The first-order chi connectivity index (χ1) is 12.6. The van der Waals surface area contributed by atoms with Gasteiger partial charge in [0.1, 0.15) is 17.3 Å². The molecule has 0 bridgehead atoms. The van der Waals surface area contributed by atoms with E-state index in [1.54, 1.807) is 7.11 Å². The van der Waals surface area contributed by atoms with Crippen molar-refractivity contribution in [2.75, 3.05) is 7.11 Å². The Kier molecular flexibility index (Phi) is 5.07. The van der Waals surface area contributed by atoms with Crippen LogP contribution in [0.25, 0.3) is 5.69 Å². The summed E-state index contributed by atoms with van der Waals surface area (Å²) in [6, 6.07) is 15.2. The van der Waals surface area contributed by atoms with Crippen LogP contribution in [0.1, 0.15) is 16.1 Å². The molecule has 0 aliphatic rings. The highest BCUT2D eigenvalue weighted by Crippen LogP contribution is 2.12. The first kappa shape index (κ1) is 17.3. The Balaban J connectivity index is 1.78. The lowest BCUT2D eigenvalue weighted by atomic mass is 10.2. The Labute approximate surface area is 148 Å². The number of halogens is 1. The van der Waals surface area contributed by atoms with Crippen LogP contribution in [0.2, 0.25) is 0 Å². The van der Waals surface area contributed by atoms with Crippen molar-refractivity contribution in [3.63, 3.8) is 0 Å². The number of amides is 1. The highest BCUT2D eigenvalue weighted by molar-refractivity contribution is 5.92. The molecule has 26 heavy (non-hydrogen) atoms. The molecule has 3 rings (SSSR count). The van der Waals surface area contributed by atoms with Gasteiger partial charge in [-0.1, -0.05) is 12.1 Å². The summed E-state index contributed by atoms with van der Waals surface area (Å²) in [6.07, 6.45) is 0. The van der Waals surface area contributed by atoms with Crippen molar-refractivity contribution in [1.29, 1.82) is 0 Å². The summed E-state index contributed by atoms with van der Waals surface area (Å²) in [5.41, 5.74) is 0.904. The molecule has 1 aromatic heterocycles. The lowest BCUT2D eigenvalue weighted by molar-refractivity contribution is 0.0944. The molecule has 6 nitrogen and oxygen atoms in total. The van der Waals surface area contributed by atoms with Gasteiger partial charge in [0.05, 0.1) is 12.8 Å². The maximum absolute atomic E-state index is 13.0. The number of nitrogens with zero attached hydrogens (tertiary/aromatic N) is 2. The Morgan fingerprint density at radius 2 is 1.92 bits per heavy atom. The van der Waals surface area contributed by atoms with Crippen molar-refractivity contribution in [2.45, 2.75) is 6.54 Å². The number of aromatic nitrogens is 2. The van der Waals surface area contributed by atoms with Gasteiger partial charge >= 0.3 is 0 Å². The molecule has 0 spiro atoms. The molecule has 0 saturated heterocycles. The minimum Gasteiger partial charge on any atom is -0.497 e. The zero-order valence-corrected chi connectivity index (χ0v) is 14.0. The van der Waals surface area contributed by atoms with E-state index < -0.39 is 17.3 Å². The van der Waals surface area contributed by atoms with Gasteiger partial charge in [-0.2, -0.15) is 9.78 Å². The van der Waals surface area contributed by atoms with Gasteiger partial charge in [-0.3, -0.25) is 9.59 Å². The molecule has 132 valence electrons. The van der Waals surface area contributed by atoms with E-state index >= 15 is 0 Å². The summed E-state index contributed by atoms with van der Waals surface area (Å²) in [5.74, 6) is -0.155. The van der Waals surface area contributed by atoms with E-state index in [-0.39, 0.29) is 12.2 Å². The van der Waals surface area contributed by atoms with E-state index in [1.165, 1.54) is 36.4 Å². The Hall–Kier alpha value is -3.48. The molecule has 0 fully saturated rings. The fraction of sp³-hybridized carbons (Fsp3) is 0.105. The lowest BCUT2D eigenvalue weighted by Crippen LogP contribution is -2.28. The number of rotatable bonds is 5. The number of hydrogen-bond acceptors (Lipinski definition) is 4. The SMILES string of the molecule is COc1cccc(CNC(=O)c2ccc(=O)n(-c3ccc(F)cc3)n2)c1. The van der Waals surface area contributed by atoms with Gasteiger partial charge in [-0.15, -0.1) is 0 Å². The predicted octanol–water partition coefficient (Wildman–Crippen LogP) is 2.31. The minimum atomic E-state index is -0.427. The third kappa shape index (κ3) is 3.94. The van der Waals surface area contributed by atoms with E-state index in [0.29, 0.717) is 11.4 Å². The van der Waals surface area contributed by atoms with E-state index in [0.717, 1.165) is 10.2 Å². The molecule has 1 heterocycles. The van der Waals surface area contributed by atoms with Crippen LogP contribution in [0.4, 0.5) is 4.39 Å². The van der Waals surface area contributed by atoms with Gasteiger partial charge in [0.2, 0.25) is 0 Å². The van der Waals surface area contributed by atoms with Gasteiger partial charge in [0.15, 0.2) is 0 Å². The molecule has 0 atom stereocenters. The van der Waals surface area contributed by atoms with Gasteiger partial charge in [-0.05, 0) is 48.0 Å². The number of nitrogens with one attached hydrogen (secondary N) is 1. The maximum Gasteiger partial charge on any atom is 0.272 e. The van der Waals surface area contributed by atoms with Crippen LogP contribution < -0.4 is 15.6 Å². The largest absolute Gasteiger partial charge is 0.497 e. The topological polar surface area (TPSA) is 73.2 Å². The van der Waals surface area contributed by atoms with Crippen molar-refractivity contribution in [1.82, 2.24) is 15.1 Å². The first-order valence-corrected chi connectivity index (χ1v) is 7.84. The monoisotopic (exact) mass is 353 g/mol. The lowest BCUT2D eigenvalue weighted by Gasteiger charge is -2.09. The second kappa shape index (κ2) is 7.60. The molecule has 0 radical (unpaired) electrons. The minimum absolute atomic E-state index is 0.0804. The summed E-state index contributed by atoms with van der Waals surface area (Å²) >= 11 is 0. The highest BCUT2D eigenvalue weighted by Gasteiger charge is 2.11. The molecule has 0 aliphatic carbocycles. The van der Waals surface area contributed by atoms with Crippen LogP contribution >= 0.6 is 0 Å². The molecule has 7 heteroatoms. The molecule has 0 aliphatic heterocycles. The number of carbonyl (C=O) groups excluding carboxylic acids is 1. The number of carbonyl (C=O) groups is 1. The van der Waals surface area contributed by atoms with Gasteiger partial charge < -0.3 is 10.1 Å². The van der Waals surface area contributed by atoms with Crippen molar-refractivity contribution in [3.05, 3.63) is 88.1 Å². The van der Waals surface area contributed by atoms with Gasteiger partial charge in [0, 0.05) is 12.6 Å². The Bertz CT molecular complexity index is 984. The zero-order valence-electron chi connectivity index (χ0n) is 14.0. The molecular weight excluding hydrogens is 337 g/mol. The van der Waals surface area contributed by atoms with Crippen LogP contribution in [0, 0.1) is 5.82 Å². The standard InChI is InChI=1S/C19H16FN3O3/c1-26-16-4-2-3-13(11-16)12-21-19(25)17-9-10-18(24)23(22-17)15-7-5-14(20)6-8-15/h2-11H,12H2,1H3,(H,21,25). The van der Waals surface area contributed by atoms with Crippen LogP contribution in [0.5, 0.6) is 5.75 Å². The quantitative estimate of drug-likeness (QED) is 0.764. The van der Waals surface area contributed by atoms with E-state index in [4.69, 9.17) is 4.74 Å². The van der Waals surface area contributed by atoms with Crippen LogP contribution in [0.15, 0.2) is 65.5 Å². The van der Waals surface area contributed by atoms with E-state index in [9.17, 15) is 14.0 Å². The van der Waals surface area contributed by atoms with E-state index in [2.05, 4.69) is 10.4 Å². The van der Waals surface area contributed by atoms with Crippen LogP contribution in [0.3, 0.4) is 0 Å². The summed E-state index contributed by atoms with van der Waals surface area (Å²) in [7, 11) is 1.57. The molecular formula is C19H16FN3O3. The second-order valence-corrected chi connectivity index (χ2v) is 5.48. The second-order valence-electron chi connectivity index (χ2n) is 5.48. The average Bonchev–Trinajstić information content (AvgIpc) is 2.67. The zero-order chi connectivity index (χ0) is 18.5. The summed E-state index contributed by atoms with van der Waals surface area (Å²) in [6.45, 7) is 0.285. The summed E-state index contributed by atoms with van der Waals surface area (Å²) < 4.78 is 19.2. The summed E-state index contributed by atoms with van der Waals surface area (Å²) in [4.78, 5) is 24.3. The van der Waals surface area contributed by atoms with Crippen molar-refractivity contribution >= 4 is 5.91 Å². The smallest absolute Gasteiger partial charge is 0.272 e. The highest BCUT2D eigenvalue weighted by atomic mass is 19.1. The number of hydrogen-bond donors (Lipinski definition) is 1. The average molecular weight is 353 g/mol. The number of benzene rings is 2. The molecule has 0 saturated carbocycles. The number of ether oxygens (including phenoxy) is 1. The Morgan fingerprint density at radius 1 is 1.15 bits per heavy atom. The number of methoxy groups -OCH3 is 1. The third-order valence-corrected chi connectivity index (χ3v) is 3.69. The van der Waals surface area contributed by atoms with Gasteiger partial charge in [-0.25, -0.2) is 4.39 Å². The van der Waals surface area contributed by atoms with Gasteiger partial charge in [0.25, 0.3) is 11.5 Å². The Morgan fingerprint density at radius 3 is 2.65 bits per heavy atom. The molecule has 3 aromatic rings. The van der Waals surface area contributed by atoms with Crippen LogP contribution in [-0.4, -0.2) is 22.8 Å². The third-order valence-electron chi connectivity index (χ3n) is 3.69. The molecule has 1 amide bonds. The molecule has 0 unspecified atom stereocenters. The molecule has 2 aromatic carbocycles. The van der Waals surface area contributed by atoms with Crippen molar-refractivity contribution in [2.24, 2.45) is 0 Å². The maximum atomic E-state index is 13.0. The fourth-order valence-corrected chi connectivity index (χ4v) is 2.35. The molecule has 1 N–H and O–H groups in total. The first-order valence-electron chi connectivity index (χ1n) is 7.84. The summed E-state index contributed by atoms with van der Waals surface area (Å²) in [5, 5.41) is 6.80. The normalized spacial score (nSPS) is 10.4. The van der Waals surface area contributed by atoms with E-state index in [1.807, 2.05) is 24.3 Å². The van der Waals surface area contributed by atoms with Crippen molar-refractivity contribution < 1.29 is 13.9 Å². The fourth-order valence-electron chi connectivity index (χ4n) is 2.35. The van der Waals surface area contributed by atoms with Crippen molar-refractivity contribution in [3.8, 4) is 11.4 Å².